The second-order valence-electron chi connectivity index (χ2n) is 5.22. The van der Waals surface area contributed by atoms with Crippen molar-refractivity contribution in [2.24, 2.45) is 0 Å². The smallest absolute Gasteiger partial charge is 0.0333 e. The first kappa shape index (κ1) is 13.0. The van der Waals surface area contributed by atoms with Gasteiger partial charge in [0, 0.05) is 5.38 Å². The zero-order valence-corrected chi connectivity index (χ0v) is 11.5. The lowest BCUT2D eigenvalue weighted by atomic mass is 9.80. The standard InChI is InChI=1S/C16H23Cl/c1-2-15(17)11-6-10-14-9-5-8-13-7-3-4-12-16(13)14/h3-4,7,12,14-15H,2,5-6,8-11H2,1H3. The minimum atomic E-state index is 0.383. The molecule has 2 unspecified atom stereocenters. The average Bonchev–Trinajstić information content (AvgIpc) is 2.39. The topological polar surface area (TPSA) is 0 Å². The zero-order valence-electron chi connectivity index (χ0n) is 10.8. The molecule has 0 saturated carbocycles. The van der Waals surface area contributed by atoms with E-state index in [1.165, 1.54) is 38.5 Å². The Morgan fingerprint density at radius 1 is 1.35 bits per heavy atom. The normalized spacial score (nSPS) is 20.9. The summed E-state index contributed by atoms with van der Waals surface area (Å²) in [7, 11) is 0. The predicted octanol–water partition coefficient (Wildman–Crippen LogP) is 5.29. The van der Waals surface area contributed by atoms with Crippen LogP contribution in [0.15, 0.2) is 24.3 Å². The van der Waals surface area contributed by atoms with Crippen LogP contribution < -0.4 is 0 Å². The number of hydrogen-bond donors (Lipinski definition) is 0. The van der Waals surface area contributed by atoms with Crippen LogP contribution in [0.3, 0.4) is 0 Å². The maximum Gasteiger partial charge on any atom is 0.0333 e. The summed E-state index contributed by atoms with van der Waals surface area (Å²) >= 11 is 6.18. The van der Waals surface area contributed by atoms with E-state index >= 15 is 0 Å². The molecule has 1 aromatic carbocycles. The predicted molar refractivity (Wildman–Crippen MR) is 75.9 cm³/mol. The molecule has 1 aliphatic rings. The molecule has 0 spiro atoms. The summed E-state index contributed by atoms with van der Waals surface area (Å²) in [6, 6.07) is 9.00. The van der Waals surface area contributed by atoms with E-state index in [-0.39, 0.29) is 0 Å². The van der Waals surface area contributed by atoms with Crippen molar-refractivity contribution < 1.29 is 0 Å². The van der Waals surface area contributed by atoms with Crippen molar-refractivity contribution >= 4 is 11.6 Å². The summed E-state index contributed by atoms with van der Waals surface area (Å²) in [5, 5.41) is 0.383. The van der Waals surface area contributed by atoms with Gasteiger partial charge in [-0.2, -0.15) is 0 Å². The molecule has 0 bridgehead atoms. The molecule has 1 aliphatic carbocycles. The maximum absolute atomic E-state index is 6.18. The van der Waals surface area contributed by atoms with Crippen molar-refractivity contribution in [2.75, 3.05) is 0 Å². The Morgan fingerprint density at radius 2 is 2.18 bits per heavy atom. The van der Waals surface area contributed by atoms with Gasteiger partial charge in [0.05, 0.1) is 0 Å². The molecule has 2 rings (SSSR count). The fourth-order valence-electron chi connectivity index (χ4n) is 2.94. The second kappa shape index (κ2) is 6.44. The monoisotopic (exact) mass is 250 g/mol. The van der Waals surface area contributed by atoms with Crippen LogP contribution in [0.1, 0.15) is 62.5 Å². The largest absolute Gasteiger partial charge is 0.123 e. The first-order chi connectivity index (χ1) is 8.31. The summed E-state index contributed by atoms with van der Waals surface area (Å²) in [6.07, 6.45) is 8.89. The van der Waals surface area contributed by atoms with Gasteiger partial charge in [-0.25, -0.2) is 0 Å². The minimum absolute atomic E-state index is 0.383. The van der Waals surface area contributed by atoms with Crippen molar-refractivity contribution in [2.45, 2.75) is 63.2 Å². The van der Waals surface area contributed by atoms with E-state index in [4.69, 9.17) is 11.6 Å². The molecule has 0 saturated heterocycles. The third-order valence-corrected chi connectivity index (χ3v) is 4.53. The van der Waals surface area contributed by atoms with Crippen LogP contribution in [0.25, 0.3) is 0 Å². The van der Waals surface area contributed by atoms with E-state index in [9.17, 15) is 0 Å². The molecule has 0 nitrogen and oxygen atoms in total. The summed E-state index contributed by atoms with van der Waals surface area (Å²) in [5.41, 5.74) is 3.20. The maximum atomic E-state index is 6.18. The Bertz CT molecular complexity index is 345. The number of alkyl halides is 1. The van der Waals surface area contributed by atoms with Crippen LogP contribution in [0.2, 0.25) is 0 Å². The van der Waals surface area contributed by atoms with Crippen LogP contribution >= 0.6 is 11.6 Å². The molecule has 1 heteroatoms. The lowest BCUT2D eigenvalue weighted by Gasteiger charge is -2.25. The lowest BCUT2D eigenvalue weighted by Crippen LogP contribution is -2.10. The molecule has 2 atom stereocenters. The van der Waals surface area contributed by atoms with E-state index in [2.05, 4.69) is 31.2 Å². The highest BCUT2D eigenvalue weighted by Crippen LogP contribution is 2.35. The molecule has 0 aromatic heterocycles. The Kier molecular flexibility index (Phi) is 4.91. The van der Waals surface area contributed by atoms with Gasteiger partial charge in [0.25, 0.3) is 0 Å². The van der Waals surface area contributed by atoms with E-state index in [1.807, 2.05) is 0 Å². The van der Waals surface area contributed by atoms with Crippen LogP contribution in [-0.4, -0.2) is 5.38 Å². The van der Waals surface area contributed by atoms with Gasteiger partial charge in [-0.05, 0) is 55.6 Å². The Balaban J connectivity index is 1.90. The fourth-order valence-corrected chi connectivity index (χ4v) is 3.10. The summed E-state index contributed by atoms with van der Waals surface area (Å²) in [4.78, 5) is 0. The molecule has 0 amide bonds. The first-order valence-corrected chi connectivity index (χ1v) is 7.46. The van der Waals surface area contributed by atoms with Gasteiger partial charge in [0.1, 0.15) is 0 Å². The molecular formula is C16H23Cl. The molecule has 94 valence electrons. The zero-order chi connectivity index (χ0) is 12.1. The number of fused-ring (bicyclic) bond motifs is 1. The Hall–Kier alpha value is -0.490. The second-order valence-corrected chi connectivity index (χ2v) is 5.84. The summed E-state index contributed by atoms with van der Waals surface area (Å²) in [5.74, 6) is 0.792. The van der Waals surface area contributed by atoms with Gasteiger partial charge >= 0.3 is 0 Å². The van der Waals surface area contributed by atoms with Crippen molar-refractivity contribution in [3.05, 3.63) is 35.4 Å². The van der Waals surface area contributed by atoms with Gasteiger partial charge in [-0.15, -0.1) is 11.6 Å². The number of rotatable bonds is 5. The van der Waals surface area contributed by atoms with Crippen molar-refractivity contribution in [1.82, 2.24) is 0 Å². The molecule has 0 N–H and O–H groups in total. The number of benzene rings is 1. The van der Waals surface area contributed by atoms with Crippen molar-refractivity contribution in [3.8, 4) is 0 Å². The average molecular weight is 251 g/mol. The third-order valence-electron chi connectivity index (χ3n) is 4.01. The highest BCUT2D eigenvalue weighted by Gasteiger charge is 2.19. The molecule has 17 heavy (non-hydrogen) atoms. The molecule has 0 aliphatic heterocycles. The van der Waals surface area contributed by atoms with Gasteiger partial charge in [-0.3, -0.25) is 0 Å². The minimum Gasteiger partial charge on any atom is -0.123 e. The van der Waals surface area contributed by atoms with Gasteiger partial charge in [-0.1, -0.05) is 37.6 Å². The van der Waals surface area contributed by atoms with Crippen molar-refractivity contribution in [1.29, 1.82) is 0 Å². The number of hydrogen-bond acceptors (Lipinski definition) is 0. The first-order valence-electron chi connectivity index (χ1n) is 7.03. The van der Waals surface area contributed by atoms with E-state index in [0.29, 0.717) is 5.38 Å². The number of aryl methyl sites for hydroxylation is 1. The van der Waals surface area contributed by atoms with E-state index in [1.54, 1.807) is 11.1 Å². The highest BCUT2D eigenvalue weighted by atomic mass is 35.5. The quantitative estimate of drug-likeness (QED) is 0.623. The van der Waals surface area contributed by atoms with Crippen LogP contribution in [0, 0.1) is 0 Å². The van der Waals surface area contributed by atoms with Crippen molar-refractivity contribution in [3.63, 3.8) is 0 Å². The van der Waals surface area contributed by atoms with E-state index in [0.717, 1.165) is 12.3 Å². The highest BCUT2D eigenvalue weighted by molar-refractivity contribution is 6.20. The third kappa shape index (κ3) is 3.48. The molecule has 0 heterocycles. The Labute approximate surface area is 110 Å². The van der Waals surface area contributed by atoms with E-state index < -0.39 is 0 Å². The summed E-state index contributed by atoms with van der Waals surface area (Å²) in [6.45, 7) is 2.17. The van der Waals surface area contributed by atoms with Gasteiger partial charge in [0.2, 0.25) is 0 Å². The van der Waals surface area contributed by atoms with Crippen LogP contribution in [-0.2, 0) is 6.42 Å². The van der Waals surface area contributed by atoms with Crippen LogP contribution in [0.4, 0.5) is 0 Å². The SMILES string of the molecule is CCC(Cl)CCCC1CCCc2ccccc21. The van der Waals surface area contributed by atoms with Gasteiger partial charge in [0.15, 0.2) is 0 Å². The fraction of sp³-hybridized carbons (Fsp3) is 0.625. The molecule has 0 radical (unpaired) electrons. The number of halogens is 1. The van der Waals surface area contributed by atoms with Gasteiger partial charge < -0.3 is 0 Å². The molecule has 0 fully saturated rings. The lowest BCUT2D eigenvalue weighted by molar-refractivity contribution is 0.490. The molecule has 1 aromatic rings. The van der Waals surface area contributed by atoms with Crippen LogP contribution in [0.5, 0.6) is 0 Å². The Morgan fingerprint density at radius 3 is 3.00 bits per heavy atom. The molecular weight excluding hydrogens is 228 g/mol. The summed E-state index contributed by atoms with van der Waals surface area (Å²) < 4.78 is 0.